The number of carboxylic acid groups (broad SMARTS) is 1. The van der Waals surface area contributed by atoms with Crippen LogP contribution in [0.25, 0.3) is 0 Å². The number of carbonyl (C=O) groups is 2. The van der Waals surface area contributed by atoms with Crippen LogP contribution in [0, 0.1) is 11.8 Å². The number of amides is 1. The summed E-state index contributed by atoms with van der Waals surface area (Å²) < 4.78 is 13.1. The van der Waals surface area contributed by atoms with E-state index in [-0.39, 0.29) is 36.5 Å². The summed E-state index contributed by atoms with van der Waals surface area (Å²) in [6.07, 6.45) is 4.09. The molecule has 0 radical (unpaired) electrons. The fraction of sp³-hybridized carbons (Fsp3) is 0.429. The van der Waals surface area contributed by atoms with Crippen LogP contribution >= 0.6 is 0 Å². The number of aryl methyl sites for hydroxylation is 1. The van der Waals surface area contributed by atoms with Crippen molar-refractivity contribution < 1.29 is 24.2 Å². The highest BCUT2D eigenvalue weighted by atomic mass is 16.5. The van der Waals surface area contributed by atoms with Gasteiger partial charge in [-0.2, -0.15) is 5.10 Å². The zero-order valence-electron chi connectivity index (χ0n) is 17.0. The minimum absolute atomic E-state index is 0.00811. The van der Waals surface area contributed by atoms with Gasteiger partial charge in [0.2, 0.25) is 5.91 Å². The molecular formula is C21H24N4O5. The van der Waals surface area contributed by atoms with Crippen LogP contribution in [0.3, 0.4) is 0 Å². The number of aromatic carboxylic acids is 1. The Hall–Kier alpha value is -3.54. The second-order valence-electron chi connectivity index (χ2n) is 6.83. The average molecular weight is 412 g/mol. The molecule has 0 bridgehead atoms. The highest BCUT2D eigenvalue weighted by Gasteiger charge is 2.34. The van der Waals surface area contributed by atoms with E-state index in [1.807, 2.05) is 13.0 Å². The Morgan fingerprint density at radius 2 is 2.13 bits per heavy atom. The van der Waals surface area contributed by atoms with Crippen LogP contribution in [0.1, 0.15) is 36.2 Å². The van der Waals surface area contributed by atoms with Gasteiger partial charge in [-0.15, -0.1) is 5.92 Å². The summed E-state index contributed by atoms with van der Waals surface area (Å²) in [6, 6.07) is 3.49. The zero-order valence-corrected chi connectivity index (χ0v) is 17.0. The number of rotatable bonds is 9. The number of carboxylic acids is 1. The number of aromatic nitrogens is 3. The fourth-order valence-electron chi connectivity index (χ4n) is 3.17. The van der Waals surface area contributed by atoms with Gasteiger partial charge in [0.15, 0.2) is 0 Å². The number of hydrogen-bond acceptors (Lipinski definition) is 6. The molecule has 158 valence electrons. The molecule has 1 fully saturated rings. The fourth-order valence-corrected chi connectivity index (χ4v) is 3.17. The summed E-state index contributed by atoms with van der Waals surface area (Å²) in [5.41, 5.74) is 0.796. The number of carbonyl (C=O) groups excluding carboxylic acids is 1. The Kier molecular flexibility index (Phi) is 6.91. The Morgan fingerprint density at radius 3 is 2.77 bits per heavy atom. The van der Waals surface area contributed by atoms with Gasteiger partial charge in [-0.1, -0.05) is 25.3 Å². The maximum atomic E-state index is 12.2. The average Bonchev–Trinajstić information content (AvgIpc) is 3.18. The maximum Gasteiger partial charge on any atom is 0.343 e. The summed E-state index contributed by atoms with van der Waals surface area (Å²) in [6.45, 7) is 4.67. The summed E-state index contributed by atoms with van der Waals surface area (Å²) in [5.74, 6) is 4.83. The van der Waals surface area contributed by atoms with Crippen LogP contribution in [0.15, 0.2) is 24.8 Å². The molecule has 1 N–H and O–H groups in total. The molecule has 0 atom stereocenters. The third-order valence-corrected chi connectivity index (χ3v) is 4.66. The third kappa shape index (κ3) is 4.89. The molecule has 1 aliphatic rings. The lowest BCUT2D eigenvalue weighted by molar-refractivity contribution is -0.140. The topological polar surface area (TPSA) is 107 Å². The Morgan fingerprint density at radius 1 is 1.33 bits per heavy atom. The molecule has 30 heavy (non-hydrogen) atoms. The van der Waals surface area contributed by atoms with Crippen molar-refractivity contribution in [3.05, 3.63) is 35.9 Å². The van der Waals surface area contributed by atoms with Crippen molar-refractivity contribution in [1.82, 2.24) is 19.7 Å². The minimum Gasteiger partial charge on any atom is -0.486 e. The smallest absolute Gasteiger partial charge is 0.343 e. The molecule has 1 aromatic carbocycles. The maximum absolute atomic E-state index is 12.2. The lowest BCUT2D eigenvalue weighted by atomic mass is 10.0. The Balaban J connectivity index is 1.71. The first-order valence-electron chi connectivity index (χ1n) is 9.71. The molecule has 1 aliphatic heterocycles. The number of benzene rings is 1. The molecule has 1 amide bonds. The largest absolute Gasteiger partial charge is 0.486 e. The van der Waals surface area contributed by atoms with Gasteiger partial charge in [-0.25, -0.2) is 14.5 Å². The van der Waals surface area contributed by atoms with Crippen molar-refractivity contribution in [2.45, 2.75) is 39.3 Å². The molecule has 0 saturated carbocycles. The molecule has 0 spiro atoms. The predicted molar refractivity (Wildman–Crippen MR) is 107 cm³/mol. The highest BCUT2D eigenvalue weighted by Crippen LogP contribution is 2.35. The second-order valence-corrected chi connectivity index (χ2v) is 6.83. The molecular weight excluding hydrogens is 388 g/mol. The molecule has 1 saturated heterocycles. The van der Waals surface area contributed by atoms with E-state index in [1.54, 1.807) is 17.9 Å². The second kappa shape index (κ2) is 9.78. The lowest BCUT2D eigenvalue weighted by Crippen LogP contribution is -2.57. The molecule has 9 nitrogen and oxygen atoms in total. The highest BCUT2D eigenvalue weighted by molar-refractivity contribution is 5.94. The van der Waals surface area contributed by atoms with E-state index in [9.17, 15) is 14.7 Å². The van der Waals surface area contributed by atoms with Crippen LogP contribution in [0.4, 0.5) is 0 Å². The molecule has 0 aliphatic carbocycles. The van der Waals surface area contributed by atoms with Crippen LogP contribution < -0.4 is 9.47 Å². The normalized spacial score (nSPS) is 13.2. The van der Waals surface area contributed by atoms with E-state index in [2.05, 4.69) is 21.9 Å². The zero-order chi connectivity index (χ0) is 21.5. The number of nitrogens with zero attached hydrogens (tertiary/aromatic N) is 4. The summed E-state index contributed by atoms with van der Waals surface area (Å²) >= 11 is 0. The minimum atomic E-state index is -1.12. The SMILES string of the molecule is CC#CCOc1c(CCC)ccc(OC2CN(C(=O)Cn3cncn3)C2)c1C(=O)O. The van der Waals surface area contributed by atoms with Crippen molar-refractivity contribution >= 4 is 11.9 Å². The molecule has 1 aromatic heterocycles. The van der Waals surface area contributed by atoms with E-state index >= 15 is 0 Å². The van der Waals surface area contributed by atoms with E-state index < -0.39 is 5.97 Å². The van der Waals surface area contributed by atoms with Crippen LogP contribution in [-0.2, 0) is 17.8 Å². The van der Waals surface area contributed by atoms with Gasteiger partial charge in [0.25, 0.3) is 0 Å². The summed E-state index contributed by atoms with van der Waals surface area (Å²) in [7, 11) is 0. The van der Waals surface area contributed by atoms with E-state index in [0.717, 1.165) is 12.0 Å². The first kappa shape index (κ1) is 21.2. The standard InChI is InChI=1S/C21H24N4O5/c1-3-5-9-29-20-15(6-4-2)7-8-17(19(20)21(27)28)30-16-10-24(11-16)18(26)12-25-14-22-13-23-25/h7-8,13-14,16H,4,6,9-12H2,1-2H3,(H,27,28). The van der Waals surface area contributed by atoms with Gasteiger partial charge < -0.3 is 19.5 Å². The van der Waals surface area contributed by atoms with Crippen molar-refractivity contribution in [1.29, 1.82) is 0 Å². The van der Waals surface area contributed by atoms with Gasteiger partial charge in [-0.05, 0) is 25.0 Å². The van der Waals surface area contributed by atoms with Crippen molar-refractivity contribution in [3.63, 3.8) is 0 Å². The predicted octanol–water partition coefficient (Wildman–Crippen LogP) is 1.62. The molecule has 2 heterocycles. The first-order chi connectivity index (χ1) is 14.5. The Bertz CT molecular complexity index is 956. The van der Waals surface area contributed by atoms with Crippen molar-refractivity contribution in [2.24, 2.45) is 0 Å². The van der Waals surface area contributed by atoms with Gasteiger partial charge >= 0.3 is 5.97 Å². The monoisotopic (exact) mass is 412 g/mol. The first-order valence-corrected chi connectivity index (χ1v) is 9.71. The molecule has 0 unspecified atom stereocenters. The molecule has 3 rings (SSSR count). The summed E-state index contributed by atoms with van der Waals surface area (Å²) in [4.78, 5) is 29.7. The Labute approximate surface area is 174 Å². The number of likely N-dealkylation sites (tertiary alicyclic amines) is 1. The quantitative estimate of drug-likeness (QED) is 0.624. The number of ether oxygens (including phenoxy) is 2. The van der Waals surface area contributed by atoms with Crippen molar-refractivity contribution in [2.75, 3.05) is 19.7 Å². The number of hydrogen-bond donors (Lipinski definition) is 1. The van der Waals surface area contributed by atoms with Gasteiger partial charge in [-0.3, -0.25) is 4.79 Å². The van der Waals surface area contributed by atoms with Crippen LogP contribution in [-0.4, -0.2) is 62.4 Å². The third-order valence-electron chi connectivity index (χ3n) is 4.66. The van der Waals surface area contributed by atoms with Gasteiger partial charge in [0.05, 0.1) is 13.1 Å². The van der Waals surface area contributed by atoms with Gasteiger partial charge in [0, 0.05) is 0 Å². The van der Waals surface area contributed by atoms with Crippen molar-refractivity contribution in [3.8, 4) is 23.3 Å². The van der Waals surface area contributed by atoms with Crippen LogP contribution in [0.2, 0.25) is 0 Å². The van der Waals surface area contributed by atoms with Gasteiger partial charge in [0.1, 0.15) is 49.0 Å². The lowest BCUT2D eigenvalue weighted by Gasteiger charge is -2.39. The van der Waals surface area contributed by atoms with Crippen LogP contribution in [0.5, 0.6) is 11.5 Å². The molecule has 2 aromatic rings. The van der Waals surface area contributed by atoms with E-state index in [1.165, 1.54) is 17.3 Å². The molecule has 9 heteroatoms. The van der Waals surface area contributed by atoms with E-state index in [4.69, 9.17) is 9.47 Å². The summed E-state index contributed by atoms with van der Waals surface area (Å²) in [5, 5.41) is 13.7. The van der Waals surface area contributed by atoms with E-state index in [0.29, 0.717) is 25.3 Å².